The molecule has 0 aliphatic heterocycles. The van der Waals surface area contributed by atoms with E-state index in [4.69, 9.17) is 4.74 Å². The van der Waals surface area contributed by atoms with Gasteiger partial charge in [-0.2, -0.15) is 0 Å². The molecule has 1 aromatic heterocycles. The van der Waals surface area contributed by atoms with E-state index in [1.165, 1.54) is 6.07 Å². The number of carbonyl (C=O) groups is 1. The van der Waals surface area contributed by atoms with Gasteiger partial charge in [-0.15, -0.1) is 0 Å². The highest BCUT2D eigenvalue weighted by atomic mass is 19.1. The minimum absolute atomic E-state index is 0.00171. The summed E-state index contributed by atoms with van der Waals surface area (Å²) in [6.45, 7) is 5.70. The zero-order chi connectivity index (χ0) is 10.7. The average Bonchev–Trinajstić information content (AvgIpc) is 2.47. The van der Waals surface area contributed by atoms with E-state index in [0.717, 1.165) is 0 Å². The van der Waals surface area contributed by atoms with Crippen LogP contribution in [0.3, 0.4) is 0 Å². The zero-order valence-electron chi connectivity index (χ0n) is 8.58. The van der Waals surface area contributed by atoms with Crippen LogP contribution in [0, 0.1) is 5.82 Å². The quantitative estimate of drug-likeness (QED) is 0.700. The highest BCUT2D eigenvalue weighted by Crippen LogP contribution is 2.16. The molecule has 4 heteroatoms. The first-order valence-corrected chi connectivity index (χ1v) is 4.61. The van der Waals surface area contributed by atoms with Gasteiger partial charge in [0.25, 0.3) is 0 Å². The van der Waals surface area contributed by atoms with Gasteiger partial charge in [0.2, 0.25) is 0 Å². The molecule has 0 fully saturated rings. The first-order chi connectivity index (χ1) is 6.57. The Hall–Kier alpha value is -1.32. The average molecular weight is 199 g/mol. The van der Waals surface area contributed by atoms with Gasteiger partial charge in [0, 0.05) is 12.2 Å². The van der Waals surface area contributed by atoms with Crippen LogP contribution in [0.5, 0.6) is 0 Å². The summed E-state index contributed by atoms with van der Waals surface area (Å²) in [4.78, 5) is 11.4. The van der Waals surface area contributed by atoms with Gasteiger partial charge in [0.1, 0.15) is 0 Å². The maximum absolute atomic E-state index is 13.2. The molecule has 0 aromatic carbocycles. The molecule has 0 aliphatic rings. The van der Waals surface area contributed by atoms with Gasteiger partial charge < -0.3 is 9.30 Å². The van der Waals surface area contributed by atoms with Crippen molar-refractivity contribution in [2.45, 2.75) is 26.8 Å². The smallest absolute Gasteiger partial charge is 0.358 e. The maximum atomic E-state index is 13.2. The summed E-state index contributed by atoms with van der Waals surface area (Å²) in [6.07, 6.45) is 1.55. The normalized spacial score (nSPS) is 10.6. The van der Waals surface area contributed by atoms with Crippen molar-refractivity contribution in [3.05, 3.63) is 23.8 Å². The molecular weight excluding hydrogens is 185 g/mol. The molecule has 0 saturated carbocycles. The molecule has 14 heavy (non-hydrogen) atoms. The van der Waals surface area contributed by atoms with Crippen molar-refractivity contribution in [1.29, 1.82) is 0 Å². The summed E-state index contributed by atoms with van der Waals surface area (Å²) in [5, 5.41) is 0. The first kappa shape index (κ1) is 10.8. The Labute approximate surface area is 82.5 Å². The molecule has 0 spiro atoms. The van der Waals surface area contributed by atoms with E-state index in [1.807, 2.05) is 13.8 Å². The second-order valence-electron chi connectivity index (χ2n) is 3.23. The van der Waals surface area contributed by atoms with E-state index in [0.29, 0.717) is 0 Å². The number of carbonyl (C=O) groups excluding carboxylic acids is 1. The summed E-state index contributed by atoms with van der Waals surface area (Å²) in [5.74, 6) is -1.14. The molecule has 3 nitrogen and oxygen atoms in total. The van der Waals surface area contributed by atoms with Crippen molar-refractivity contribution in [3.63, 3.8) is 0 Å². The van der Waals surface area contributed by atoms with Crippen molar-refractivity contribution in [3.8, 4) is 0 Å². The number of esters is 1. The Balaban J connectivity index is 3.04. The van der Waals surface area contributed by atoms with Gasteiger partial charge in [-0.3, -0.25) is 0 Å². The highest BCUT2D eigenvalue weighted by Gasteiger charge is 2.19. The van der Waals surface area contributed by atoms with Crippen molar-refractivity contribution in [1.82, 2.24) is 4.57 Å². The lowest BCUT2D eigenvalue weighted by atomic mass is 10.3. The number of halogens is 1. The van der Waals surface area contributed by atoms with Gasteiger partial charge in [-0.25, -0.2) is 9.18 Å². The molecule has 0 atom stereocenters. The largest absolute Gasteiger partial charge is 0.461 e. The predicted octanol–water partition coefficient (Wildman–Crippen LogP) is 2.38. The SMILES string of the molecule is CCOC(=O)c1c(F)ccn1C(C)C. The number of hydrogen-bond acceptors (Lipinski definition) is 2. The molecule has 0 radical (unpaired) electrons. The molecule has 1 aromatic rings. The molecule has 0 N–H and O–H groups in total. The van der Waals surface area contributed by atoms with Gasteiger partial charge in [0.05, 0.1) is 6.61 Å². The van der Waals surface area contributed by atoms with E-state index in [1.54, 1.807) is 17.7 Å². The van der Waals surface area contributed by atoms with E-state index < -0.39 is 11.8 Å². The van der Waals surface area contributed by atoms with Crippen LogP contribution < -0.4 is 0 Å². The fraction of sp³-hybridized carbons (Fsp3) is 0.500. The third-order valence-electron chi connectivity index (χ3n) is 1.89. The molecular formula is C10H14FNO2. The number of rotatable bonds is 3. The lowest BCUT2D eigenvalue weighted by Gasteiger charge is -2.11. The van der Waals surface area contributed by atoms with E-state index >= 15 is 0 Å². The maximum Gasteiger partial charge on any atom is 0.358 e. The first-order valence-electron chi connectivity index (χ1n) is 4.61. The summed E-state index contributed by atoms with van der Waals surface area (Å²) in [7, 11) is 0. The Morgan fingerprint density at radius 1 is 1.64 bits per heavy atom. The summed E-state index contributed by atoms with van der Waals surface area (Å²) in [5.41, 5.74) is 0.00171. The standard InChI is InChI=1S/C10H14FNO2/c1-4-14-10(13)9-8(11)5-6-12(9)7(2)3/h5-7H,4H2,1-3H3. The van der Waals surface area contributed by atoms with Crippen molar-refractivity contribution >= 4 is 5.97 Å². The monoisotopic (exact) mass is 199 g/mol. The fourth-order valence-electron chi connectivity index (χ4n) is 1.26. The molecule has 78 valence electrons. The van der Waals surface area contributed by atoms with Crippen molar-refractivity contribution in [2.75, 3.05) is 6.61 Å². The van der Waals surface area contributed by atoms with Crippen LogP contribution in [0.2, 0.25) is 0 Å². The number of aromatic nitrogens is 1. The van der Waals surface area contributed by atoms with E-state index in [2.05, 4.69) is 0 Å². The highest BCUT2D eigenvalue weighted by molar-refractivity contribution is 5.88. The predicted molar refractivity (Wildman–Crippen MR) is 50.7 cm³/mol. The van der Waals surface area contributed by atoms with Crippen molar-refractivity contribution < 1.29 is 13.9 Å². The summed E-state index contributed by atoms with van der Waals surface area (Å²) in [6, 6.07) is 1.31. The van der Waals surface area contributed by atoms with Crippen molar-refractivity contribution in [2.24, 2.45) is 0 Å². The third-order valence-corrected chi connectivity index (χ3v) is 1.89. The molecule has 0 unspecified atom stereocenters. The number of ether oxygens (including phenoxy) is 1. The molecule has 0 aliphatic carbocycles. The summed E-state index contributed by atoms with van der Waals surface area (Å²) >= 11 is 0. The van der Waals surface area contributed by atoms with Gasteiger partial charge in [-0.1, -0.05) is 0 Å². The molecule has 1 rings (SSSR count). The van der Waals surface area contributed by atoms with Gasteiger partial charge >= 0.3 is 5.97 Å². The fourth-order valence-corrected chi connectivity index (χ4v) is 1.26. The molecule has 0 saturated heterocycles. The lowest BCUT2D eigenvalue weighted by Crippen LogP contribution is -2.14. The zero-order valence-corrected chi connectivity index (χ0v) is 8.58. The van der Waals surface area contributed by atoms with Crippen LogP contribution in [0.15, 0.2) is 12.3 Å². The Bertz CT molecular complexity index is 331. The minimum Gasteiger partial charge on any atom is -0.461 e. The molecule has 0 amide bonds. The van der Waals surface area contributed by atoms with Crippen LogP contribution in [-0.2, 0) is 4.74 Å². The third kappa shape index (κ3) is 1.95. The Morgan fingerprint density at radius 2 is 2.29 bits per heavy atom. The molecule has 0 bridgehead atoms. The minimum atomic E-state index is -0.608. The topological polar surface area (TPSA) is 31.2 Å². The number of nitrogens with zero attached hydrogens (tertiary/aromatic N) is 1. The van der Waals surface area contributed by atoms with Crippen LogP contribution in [-0.4, -0.2) is 17.1 Å². The Morgan fingerprint density at radius 3 is 2.79 bits per heavy atom. The second kappa shape index (κ2) is 4.26. The van der Waals surface area contributed by atoms with Crippen LogP contribution >= 0.6 is 0 Å². The second-order valence-corrected chi connectivity index (χ2v) is 3.23. The van der Waals surface area contributed by atoms with Gasteiger partial charge in [-0.05, 0) is 26.8 Å². The molecule has 1 heterocycles. The lowest BCUT2D eigenvalue weighted by molar-refractivity contribution is 0.0506. The Kier molecular flexibility index (Phi) is 3.28. The van der Waals surface area contributed by atoms with Crippen LogP contribution in [0.25, 0.3) is 0 Å². The van der Waals surface area contributed by atoms with Gasteiger partial charge in [0.15, 0.2) is 11.5 Å². The van der Waals surface area contributed by atoms with Crippen LogP contribution in [0.4, 0.5) is 4.39 Å². The summed E-state index contributed by atoms with van der Waals surface area (Å²) < 4.78 is 19.5. The van der Waals surface area contributed by atoms with Crippen LogP contribution in [0.1, 0.15) is 37.3 Å². The van der Waals surface area contributed by atoms with E-state index in [-0.39, 0.29) is 18.3 Å². The number of hydrogen-bond donors (Lipinski definition) is 0. The van der Waals surface area contributed by atoms with E-state index in [9.17, 15) is 9.18 Å².